The summed E-state index contributed by atoms with van der Waals surface area (Å²) in [6, 6.07) is 10.1. The molecule has 1 aromatic carbocycles. The Morgan fingerprint density at radius 2 is 1.97 bits per heavy atom. The third kappa shape index (κ3) is 3.07. The molecule has 0 atom stereocenters. The van der Waals surface area contributed by atoms with Crippen molar-refractivity contribution in [2.45, 2.75) is 6.92 Å². The van der Waals surface area contributed by atoms with Crippen molar-refractivity contribution in [1.82, 2.24) is 14.8 Å². The molecule has 2 saturated heterocycles. The monoisotopic (exact) mass is 389 g/mol. The molecule has 3 aromatic rings. The van der Waals surface area contributed by atoms with Gasteiger partial charge < -0.3 is 15.0 Å². The van der Waals surface area contributed by atoms with Crippen LogP contribution in [0.25, 0.3) is 11.1 Å². The summed E-state index contributed by atoms with van der Waals surface area (Å²) >= 11 is 0. The molecule has 2 fully saturated rings. The van der Waals surface area contributed by atoms with Crippen LogP contribution in [0.2, 0.25) is 0 Å². The highest BCUT2D eigenvalue weighted by Gasteiger charge is 2.50. The Morgan fingerprint density at radius 3 is 2.62 bits per heavy atom. The highest BCUT2D eigenvalue weighted by atomic mass is 16.5. The molecule has 1 spiro atoms. The number of benzene rings is 1. The van der Waals surface area contributed by atoms with Crippen LogP contribution in [-0.4, -0.2) is 47.0 Å². The lowest BCUT2D eigenvalue weighted by molar-refractivity contribution is -0.127. The van der Waals surface area contributed by atoms with E-state index in [2.05, 4.69) is 39.4 Å². The highest BCUT2D eigenvalue weighted by Crippen LogP contribution is 2.44. The predicted molar refractivity (Wildman–Crippen MR) is 111 cm³/mol. The first kappa shape index (κ1) is 17.9. The maximum atomic E-state index is 12.9. The molecule has 0 radical (unpaired) electrons. The van der Waals surface area contributed by atoms with E-state index in [1.165, 1.54) is 0 Å². The van der Waals surface area contributed by atoms with Crippen LogP contribution < -0.4 is 10.2 Å². The van der Waals surface area contributed by atoms with E-state index >= 15 is 0 Å². The molecule has 5 rings (SSSR count). The van der Waals surface area contributed by atoms with Crippen molar-refractivity contribution in [2.24, 2.45) is 12.5 Å². The van der Waals surface area contributed by atoms with Gasteiger partial charge in [-0.3, -0.25) is 9.48 Å². The van der Waals surface area contributed by atoms with Crippen molar-refractivity contribution in [3.8, 4) is 11.1 Å². The maximum Gasteiger partial charge on any atom is 0.258 e. The van der Waals surface area contributed by atoms with E-state index in [1.54, 1.807) is 24.1 Å². The predicted octanol–water partition coefficient (Wildman–Crippen LogP) is 2.88. The number of ether oxygens (including phenoxy) is 1. The number of aromatic nitrogens is 3. The molecule has 0 unspecified atom stereocenters. The number of hydrogen-bond donors (Lipinski definition) is 1. The van der Waals surface area contributed by atoms with Crippen LogP contribution in [0, 0.1) is 12.3 Å². The lowest BCUT2D eigenvalue weighted by Crippen LogP contribution is -2.66. The molecule has 29 heavy (non-hydrogen) atoms. The molecule has 2 aliphatic rings. The molecular formula is C22H23N5O2. The normalized spacial score (nSPS) is 17.0. The number of aryl methyl sites for hydroxylation is 2. The molecule has 7 nitrogen and oxygen atoms in total. The molecule has 7 heteroatoms. The molecule has 4 heterocycles. The average Bonchev–Trinajstić information content (AvgIpc) is 3.08. The first-order valence-electron chi connectivity index (χ1n) is 9.72. The number of anilines is 2. The number of amides is 1. The van der Waals surface area contributed by atoms with E-state index in [4.69, 9.17) is 4.74 Å². The Morgan fingerprint density at radius 1 is 1.17 bits per heavy atom. The number of nitrogens with zero attached hydrogens (tertiary/aromatic N) is 4. The van der Waals surface area contributed by atoms with E-state index in [-0.39, 0.29) is 11.3 Å². The van der Waals surface area contributed by atoms with Crippen molar-refractivity contribution < 1.29 is 9.53 Å². The zero-order valence-corrected chi connectivity index (χ0v) is 16.6. The second-order valence-corrected chi connectivity index (χ2v) is 8.08. The van der Waals surface area contributed by atoms with Crippen molar-refractivity contribution in [3.05, 3.63) is 60.0 Å². The third-order valence-electron chi connectivity index (χ3n) is 5.74. The number of rotatable bonds is 4. The maximum absolute atomic E-state index is 12.9. The molecule has 1 N–H and O–H groups in total. The smallest absolute Gasteiger partial charge is 0.258 e. The first-order chi connectivity index (χ1) is 14.0. The van der Waals surface area contributed by atoms with Gasteiger partial charge in [-0.1, -0.05) is 24.3 Å². The zero-order valence-electron chi connectivity index (χ0n) is 16.6. The first-order valence-corrected chi connectivity index (χ1v) is 9.72. The van der Waals surface area contributed by atoms with Gasteiger partial charge in [0.25, 0.3) is 5.91 Å². The summed E-state index contributed by atoms with van der Waals surface area (Å²) in [6.45, 7) is 5.48. The second-order valence-electron chi connectivity index (χ2n) is 8.08. The molecule has 1 amide bonds. The summed E-state index contributed by atoms with van der Waals surface area (Å²) in [6.07, 6.45) is 5.10. The number of pyridine rings is 1. The largest absolute Gasteiger partial charge is 0.380 e. The van der Waals surface area contributed by atoms with E-state index in [1.807, 2.05) is 24.4 Å². The van der Waals surface area contributed by atoms with Crippen molar-refractivity contribution in [3.63, 3.8) is 0 Å². The SMILES string of the molecule is Cc1ccccc1-c1ccnc(N2CC3(COC3)C2)c1NC(=O)c1cnn(C)c1. The summed E-state index contributed by atoms with van der Waals surface area (Å²) < 4.78 is 7.02. The zero-order chi connectivity index (χ0) is 20.0. The Hall–Kier alpha value is -3.19. The minimum absolute atomic E-state index is 0.190. The summed E-state index contributed by atoms with van der Waals surface area (Å²) in [5, 5.41) is 7.23. The molecular weight excluding hydrogens is 366 g/mol. The summed E-state index contributed by atoms with van der Waals surface area (Å²) in [4.78, 5) is 19.8. The van der Waals surface area contributed by atoms with Crippen molar-refractivity contribution in [1.29, 1.82) is 0 Å². The molecule has 2 aromatic heterocycles. The molecule has 148 valence electrons. The van der Waals surface area contributed by atoms with Crippen LogP contribution >= 0.6 is 0 Å². The number of nitrogens with one attached hydrogen (secondary N) is 1. The van der Waals surface area contributed by atoms with E-state index < -0.39 is 0 Å². The summed E-state index contributed by atoms with van der Waals surface area (Å²) in [7, 11) is 1.80. The van der Waals surface area contributed by atoms with Gasteiger partial charge in [0, 0.05) is 38.1 Å². The minimum Gasteiger partial charge on any atom is -0.380 e. The highest BCUT2D eigenvalue weighted by molar-refractivity contribution is 6.08. The summed E-state index contributed by atoms with van der Waals surface area (Å²) in [5.74, 6) is 0.616. The lowest BCUT2D eigenvalue weighted by Gasteiger charge is -2.55. The number of carbonyl (C=O) groups is 1. The minimum atomic E-state index is -0.190. The standard InChI is InChI=1S/C22H23N5O2/c1-15-5-3-4-6-17(15)18-7-8-23-20(27-11-22(12-27)13-29-14-22)19(18)25-21(28)16-9-24-26(2)10-16/h3-10H,11-14H2,1-2H3,(H,25,28). The Balaban J connectivity index is 1.55. The molecule has 2 aliphatic heterocycles. The van der Waals surface area contributed by atoms with Crippen LogP contribution in [0.5, 0.6) is 0 Å². The van der Waals surface area contributed by atoms with Gasteiger partial charge in [0.2, 0.25) is 0 Å². The second kappa shape index (κ2) is 6.70. The fraction of sp³-hybridized carbons (Fsp3) is 0.318. The van der Waals surface area contributed by atoms with Gasteiger partial charge in [0.1, 0.15) is 0 Å². The fourth-order valence-corrected chi connectivity index (χ4v) is 4.12. The van der Waals surface area contributed by atoms with Crippen LogP contribution in [-0.2, 0) is 11.8 Å². The average molecular weight is 389 g/mol. The van der Waals surface area contributed by atoms with Gasteiger partial charge in [-0.15, -0.1) is 0 Å². The van der Waals surface area contributed by atoms with E-state index in [0.717, 1.165) is 54.5 Å². The van der Waals surface area contributed by atoms with Crippen LogP contribution in [0.3, 0.4) is 0 Å². The van der Waals surface area contributed by atoms with Gasteiger partial charge in [-0.25, -0.2) is 4.98 Å². The van der Waals surface area contributed by atoms with Crippen LogP contribution in [0.1, 0.15) is 15.9 Å². The fourth-order valence-electron chi connectivity index (χ4n) is 4.12. The van der Waals surface area contributed by atoms with Crippen molar-refractivity contribution >= 4 is 17.4 Å². The van der Waals surface area contributed by atoms with Gasteiger partial charge in [0.15, 0.2) is 5.82 Å². The van der Waals surface area contributed by atoms with Gasteiger partial charge in [-0.05, 0) is 24.1 Å². The van der Waals surface area contributed by atoms with Crippen LogP contribution in [0.15, 0.2) is 48.9 Å². The van der Waals surface area contributed by atoms with Crippen molar-refractivity contribution in [2.75, 3.05) is 36.5 Å². The molecule has 0 bridgehead atoms. The lowest BCUT2D eigenvalue weighted by atomic mass is 9.78. The van der Waals surface area contributed by atoms with Gasteiger partial charge >= 0.3 is 0 Å². The topological polar surface area (TPSA) is 72.3 Å². The van der Waals surface area contributed by atoms with Gasteiger partial charge in [-0.2, -0.15) is 5.10 Å². The van der Waals surface area contributed by atoms with E-state index in [9.17, 15) is 4.79 Å². The van der Waals surface area contributed by atoms with Gasteiger partial charge in [0.05, 0.1) is 36.1 Å². The summed E-state index contributed by atoms with van der Waals surface area (Å²) in [5.41, 5.74) is 4.71. The quantitative estimate of drug-likeness (QED) is 0.743. The Labute approximate surface area is 169 Å². The third-order valence-corrected chi connectivity index (χ3v) is 5.74. The Kier molecular flexibility index (Phi) is 4.13. The Bertz CT molecular complexity index is 1080. The molecule has 0 aliphatic carbocycles. The number of hydrogen-bond acceptors (Lipinski definition) is 5. The van der Waals surface area contributed by atoms with Crippen LogP contribution in [0.4, 0.5) is 11.5 Å². The number of carbonyl (C=O) groups excluding carboxylic acids is 1. The molecule has 0 saturated carbocycles. The van der Waals surface area contributed by atoms with E-state index in [0.29, 0.717) is 5.56 Å².